The molecule has 0 saturated carbocycles. The molecular formula is C28H24N4O2. The van der Waals surface area contributed by atoms with Gasteiger partial charge in [-0.15, -0.1) is 0 Å². The molecule has 0 saturated heterocycles. The fourth-order valence-corrected chi connectivity index (χ4v) is 3.90. The number of hydrogen-bond donors (Lipinski definition) is 1. The van der Waals surface area contributed by atoms with E-state index in [-0.39, 0.29) is 0 Å². The van der Waals surface area contributed by atoms with Crippen LogP contribution in [0.3, 0.4) is 0 Å². The van der Waals surface area contributed by atoms with Crippen LogP contribution in [0.2, 0.25) is 0 Å². The Morgan fingerprint density at radius 1 is 0.765 bits per heavy atom. The van der Waals surface area contributed by atoms with Crippen molar-refractivity contribution in [3.63, 3.8) is 0 Å². The summed E-state index contributed by atoms with van der Waals surface area (Å²) in [5, 5.41) is 4.45. The van der Waals surface area contributed by atoms with Gasteiger partial charge in [0.1, 0.15) is 17.3 Å². The van der Waals surface area contributed by atoms with Gasteiger partial charge < -0.3 is 14.8 Å². The van der Waals surface area contributed by atoms with E-state index in [1.54, 1.807) is 26.6 Å². The van der Waals surface area contributed by atoms with E-state index in [1.807, 2.05) is 60.7 Å². The van der Waals surface area contributed by atoms with Crippen molar-refractivity contribution in [1.82, 2.24) is 15.0 Å². The summed E-state index contributed by atoms with van der Waals surface area (Å²) in [7, 11) is 3.35. The Morgan fingerprint density at radius 3 is 2.44 bits per heavy atom. The lowest BCUT2D eigenvalue weighted by Gasteiger charge is -2.14. The molecule has 6 nitrogen and oxygen atoms in total. The predicted octanol–water partition coefficient (Wildman–Crippen LogP) is 5.99. The van der Waals surface area contributed by atoms with Gasteiger partial charge in [0.05, 0.1) is 19.7 Å². The largest absolute Gasteiger partial charge is 0.497 e. The van der Waals surface area contributed by atoms with Crippen LogP contribution in [0.4, 0.5) is 5.82 Å². The number of methoxy groups -OCH3 is 2. The Kier molecular flexibility index (Phi) is 6.03. The molecule has 0 unspecified atom stereocenters. The Balaban J connectivity index is 1.60. The Hall–Kier alpha value is -4.45. The highest BCUT2D eigenvalue weighted by Crippen LogP contribution is 2.31. The maximum atomic E-state index is 5.52. The van der Waals surface area contributed by atoms with Crippen LogP contribution in [0.1, 0.15) is 5.56 Å². The first-order valence-corrected chi connectivity index (χ1v) is 11.0. The van der Waals surface area contributed by atoms with Crippen molar-refractivity contribution in [3.05, 3.63) is 96.8 Å². The molecule has 1 N–H and O–H groups in total. The summed E-state index contributed by atoms with van der Waals surface area (Å²) in [6.45, 7) is 0.562. The highest BCUT2D eigenvalue weighted by Gasteiger charge is 2.12. The minimum atomic E-state index is 0.562. The summed E-state index contributed by atoms with van der Waals surface area (Å²) in [6, 6.07) is 26.0. The lowest BCUT2D eigenvalue weighted by Crippen LogP contribution is -2.05. The van der Waals surface area contributed by atoms with Gasteiger partial charge in [-0.3, -0.25) is 4.98 Å². The summed E-state index contributed by atoms with van der Waals surface area (Å²) in [5.41, 5.74) is 4.88. The molecule has 5 aromatic rings. The molecule has 2 aromatic heterocycles. The third-order valence-electron chi connectivity index (χ3n) is 5.66. The zero-order chi connectivity index (χ0) is 23.3. The van der Waals surface area contributed by atoms with Gasteiger partial charge in [0.15, 0.2) is 5.82 Å². The van der Waals surface area contributed by atoms with Gasteiger partial charge in [0, 0.05) is 35.5 Å². The summed E-state index contributed by atoms with van der Waals surface area (Å²) in [6.07, 6.45) is 3.52. The van der Waals surface area contributed by atoms with E-state index in [0.717, 1.165) is 50.5 Å². The minimum absolute atomic E-state index is 0.562. The molecule has 168 valence electrons. The number of para-hydroxylation sites is 1. The van der Waals surface area contributed by atoms with Crippen LogP contribution in [0.5, 0.6) is 11.5 Å². The molecule has 0 amide bonds. The molecule has 0 bridgehead atoms. The first-order chi connectivity index (χ1) is 16.7. The quantitative estimate of drug-likeness (QED) is 0.330. The molecule has 6 heteroatoms. The van der Waals surface area contributed by atoms with Crippen LogP contribution >= 0.6 is 0 Å². The summed E-state index contributed by atoms with van der Waals surface area (Å²) in [5.74, 6) is 3.02. The third kappa shape index (κ3) is 4.38. The zero-order valence-corrected chi connectivity index (χ0v) is 19.0. The van der Waals surface area contributed by atoms with Gasteiger partial charge in [-0.05, 0) is 53.6 Å². The lowest BCUT2D eigenvalue weighted by molar-refractivity contribution is 0.410. The lowest BCUT2D eigenvalue weighted by atomic mass is 10.0. The molecule has 34 heavy (non-hydrogen) atoms. The van der Waals surface area contributed by atoms with Gasteiger partial charge in [-0.1, -0.05) is 36.4 Å². The number of hydrogen-bond acceptors (Lipinski definition) is 6. The summed E-state index contributed by atoms with van der Waals surface area (Å²) < 4.78 is 10.9. The van der Waals surface area contributed by atoms with E-state index in [2.05, 4.69) is 28.5 Å². The average molecular weight is 449 g/mol. The van der Waals surface area contributed by atoms with Crippen molar-refractivity contribution in [2.45, 2.75) is 6.54 Å². The molecule has 0 aliphatic heterocycles. The van der Waals surface area contributed by atoms with Crippen LogP contribution in [-0.2, 0) is 6.54 Å². The Morgan fingerprint density at radius 2 is 1.62 bits per heavy atom. The highest BCUT2D eigenvalue weighted by molar-refractivity contribution is 5.94. The maximum absolute atomic E-state index is 5.52. The van der Waals surface area contributed by atoms with Crippen LogP contribution in [0.25, 0.3) is 33.4 Å². The fraction of sp³-hybridized carbons (Fsp3) is 0.107. The number of ether oxygens (including phenoxy) is 2. The molecule has 2 heterocycles. The molecule has 0 radical (unpaired) electrons. The highest BCUT2D eigenvalue weighted by atomic mass is 16.5. The van der Waals surface area contributed by atoms with Crippen molar-refractivity contribution in [3.8, 4) is 34.0 Å². The molecule has 0 atom stereocenters. The van der Waals surface area contributed by atoms with Crippen LogP contribution in [-0.4, -0.2) is 29.2 Å². The number of nitrogens with one attached hydrogen (secondary N) is 1. The third-order valence-corrected chi connectivity index (χ3v) is 5.66. The number of rotatable bonds is 7. The summed E-state index contributed by atoms with van der Waals surface area (Å²) >= 11 is 0. The van der Waals surface area contributed by atoms with Crippen molar-refractivity contribution in [2.24, 2.45) is 0 Å². The maximum Gasteiger partial charge on any atom is 0.163 e. The predicted molar refractivity (Wildman–Crippen MR) is 135 cm³/mol. The van der Waals surface area contributed by atoms with E-state index < -0.39 is 0 Å². The molecular weight excluding hydrogens is 424 g/mol. The van der Waals surface area contributed by atoms with Crippen LogP contribution in [0.15, 0.2) is 91.3 Å². The number of pyridine rings is 1. The monoisotopic (exact) mass is 448 g/mol. The second-order valence-electron chi connectivity index (χ2n) is 7.77. The van der Waals surface area contributed by atoms with E-state index in [0.29, 0.717) is 12.4 Å². The molecule has 0 aliphatic rings. The topological polar surface area (TPSA) is 69.2 Å². The Bertz CT molecular complexity index is 1440. The second-order valence-corrected chi connectivity index (χ2v) is 7.77. The van der Waals surface area contributed by atoms with E-state index in [4.69, 9.17) is 19.4 Å². The van der Waals surface area contributed by atoms with Crippen molar-refractivity contribution < 1.29 is 9.47 Å². The number of fused-ring (bicyclic) bond motifs is 1. The van der Waals surface area contributed by atoms with Crippen molar-refractivity contribution >= 4 is 16.7 Å². The van der Waals surface area contributed by atoms with Crippen LogP contribution in [0, 0.1) is 0 Å². The van der Waals surface area contributed by atoms with Gasteiger partial charge in [-0.2, -0.15) is 0 Å². The van der Waals surface area contributed by atoms with E-state index in [1.165, 1.54) is 0 Å². The van der Waals surface area contributed by atoms with Crippen LogP contribution < -0.4 is 14.8 Å². The number of aromatic nitrogens is 3. The first-order valence-electron chi connectivity index (χ1n) is 11.0. The van der Waals surface area contributed by atoms with Crippen molar-refractivity contribution in [1.29, 1.82) is 0 Å². The number of anilines is 1. The molecule has 0 fully saturated rings. The van der Waals surface area contributed by atoms with Gasteiger partial charge in [0.2, 0.25) is 0 Å². The molecule has 0 aliphatic carbocycles. The minimum Gasteiger partial charge on any atom is -0.497 e. The second kappa shape index (κ2) is 9.58. The molecule has 3 aromatic carbocycles. The van der Waals surface area contributed by atoms with E-state index in [9.17, 15) is 0 Å². The normalized spacial score (nSPS) is 10.8. The van der Waals surface area contributed by atoms with E-state index >= 15 is 0 Å². The number of benzene rings is 3. The van der Waals surface area contributed by atoms with Gasteiger partial charge in [-0.25, -0.2) is 9.97 Å². The Labute approximate surface area is 198 Å². The summed E-state index contributed by atoms with van der Waals surface area (Å²) in [4.78, 5) is 13.9. The first kappa shape index (κ1) is 21.4. The number of nitrogens with zero attached hydrogens (tertiary/aromatic N) is 3. The standard InChI is InChI=1S/C28H24N4O2/c1-33-23-10-5-8-19(15-23)20-12-13-25-24(16-20)28(30-18-21-7-3-4-11-26(21)34-2)32-27(31-25)22-9-6-14-29-17-22/h3-17H,18H2,1-2H3,(H,30,31,32). The molecule has 0 spiro atoms. The SMILES string of the molecule is COc1cccc(-c2ccc3nc(-c4cccnc4)nc(NCc4ccccc4OC)c3c2)c1. The smallest absolute Gasteiger partial charge is 0.163 e. The zero-order valence-electron chi connectivity index (χ0n) is 19.0. The van der Waals surface area contributed by atoms with Crippen molar-refractivity contribution in [2.75, 3.05) is 19.5 Å². The van der Waals surface area contributed by atoms with Gasteiger partial charge >= 0.3 is 0 Å². The molecule has 5 rings (SSSR count). The average Bonchev–Trinajstić information content (AvgIpc) is 2.92. The van der Waals surface area contributed by atoms with Gasteiger partial charge in [0.25, 0.3) is 0 Å². The fourth-order valence-electron chi connectivity index (χ4n) is 3.90.